The molecule has 0 aromatic carbocycles. The van der Waals surface area contributed by atoms with Gasteiger partial charge in [0.25, 0.3) is 0 Å². The molecule has 0 bridgehead atoms. The summed E-state index contributed by atoms with van der Waals surface area (Å²) in [5, 5.41) is 0. The van der Waals surface area contributed by atoms with Crippen molar-refractivity contribution in [2.24, 2.45) is 0 Å². The molecule has 42 valence electrons. The number of hydrogen-bond acceptors (Lipinski definition) is 1. The van der Waals surface area contributed by atoms with Crippen molar-refractivity contribution in [1.82, 2.24) is 3.80 Å². The molecule has 1 N–H and O–H groups in total. The third kappa shape index (κ3) is 6.89. The minimum absolute atomic E-state index is 0.299. The molecule has 0 aliphatic heterocycles. The van der Waals surface area contributed by atoms with E-state index in [2.05, 4.69) is 24.6 Å². The second kappa shape index (κ2) is 3.03. The van der Waals surface area contributed by atoms with Crippen LogP contribution in [0.15, 0.2) is 0 Å². The van der Waals surface area contributed by atoms with Crippen molar-refractivity contribution < 1.29 is 18.7 Å². The predicted octanol–water partition coefficient (Wildman–Crippen LogP) is -0.348. The molecule has 0 aromatic heterocycles. The van der Waals surface area contributed by atoms with E-state index in [0.29, 0.717) is 24.2 Å². The van der Waals surface area contributed by atoms with Gasteiger partial charge in [-0.05, 0) is 0 Å². The summed E-state index contributed by atoms with van der Waals surface area (Å²) in [6.45, 7) is 6.65. The topological polar surface area (TPSA) is 12.0 Å². The molecule has 0 atom stereocenters. The Balaban J connectivity index is 3.15. The molecule has 0 radical (unpaired) electrons. The van der Waals surface area contributed by atoms with Gasteiger partial charge in [0.2, 0.25) is 0 Å². The van der Waals surface area contributed by atoms with E-state index < -0.39 is 0 Å². The van der Waals surface area contributed by atoms with E-state index in [1.807, 2.05) is 0 Å². The Morgan fingerprint density at radius 3 is 1.86 bits per heavy atom. The SMILES string of the molecule is CC(C)(C)[NH][Ti][SiH3]. The summed E-state index contributed by atoms with van der Waals surface area (Å²) in [6, 6.07) is 0. The molecule has 0 amide bonds. The molecule has 0 heterocycles. The fourth-order valence-corrected chi connectivity index (χ4v) is 4.64. The van der Waals surface area contributed by atoms with Gasteiger partial charge >= 0.3 is 56.9 Å². The first-order valence-corrected chi connectivity index (χ1v) is 8.97. The first-order valence-electron chi connectivity index (χ1n) is 2.50. The van der Waals surface area contributed by atoms with Crippen LogP contribution in [0.1, 0.15) is 20.8 Å². The van der Waals surface area contributed by atoms with Crippen molar-refractivity contribution in [3.63, 3.8) is 0 Å². The first-order chi connectivity index (χ1) is 3.06. The van der Waals surface area contributed by atoms with Crippen molar-refractivity contribution in [2.45, 2.75) is 26.3 Å². The van der Waals surface area contributed by atoms with Gasteiger partial charge in [-0.25, -0.2) is 0 Å². The molecule has 3 heteroatoms. The summed E-state index contributed by atoms with van der Waals surface area (Å²) in [5.74, 6) is 0. The van der Waals surface area contributed by atoms with Gasteiger partial charge in [0.1, 0.15) is 0 Å². The minimum atomic E-state index is 0.299. The van der Waals surface area contributed by atoms with Crippen molar-refractivity contribution in [2.75, 3.05) is 0 Å². The van der Waals surface area contributed by atoms with E-state index in [1.165, 1.54) is 8.11 Å². The monoisotopic (exact) mass is 151 g/mol. The van der Waals surface area contributed by atoms with Crippen LogP contribution in [-0.4, -0.2) is 13.6 Å². The fourth-order valence-electron chi connectivity index (χ4n) is 0.375. The molecular formula is C4H13NSiTi. The van der Waals surface area contributed by atoms with Gasteiger partial charge in [-0.1, -0.05) is 0 Å². The van der Waals surface area contributed by atoms with Gasteiger partial charge in [0, 0.05) is 0 Å². The Morgan fingerprint density at radius 2 is 1.86 bits per heavy atom. The summed E-state index contributed by atoms with van der Waals surface area (Å²) in [4.78, 5) is 0. The average molecular weight is 151 g/mol. The van der Waals surface area contributed by atoms with Crippen molar-refractivity contribution >= 4 is 8.11 Å². The van der Waals surface area contributed by atoms with Gasteiger partial charge in [0.15, 0.2) is 0 Å². The third-order valence-corrected chi connectivity index (χ3v) is 3.09. The zero-order valence-electron chi connectivity index (χ0n) is 5.50. The van der Waals surface area contributed by atoms with Crippen LogP contribution in [0.25, 0.3) is 0 Å². The summed E-state index contributed by atoms with van der Waals surface area (Å²) in [6.07, 6.45) is 0. The molecule has 0 aliphatic rings. The van der Waals surface area contributed by atoms with Crippen molar-refractivity contribution in [1.29, 1.82) is 0 Å². The van der Waals surface area contributed by atoms with Crippen LogP contribution in [0.5, 0.6) is 0 Å². The number of hydrogen-bond donors (Lipinski definition) is 1. The molecule has 0 saturated carbocycles. The van der Waals surface area contributed by atoms with E-state index >= 15 is 0 Å². The van der Waals surface area contributed by atoms with Crippen LogP contribution in [0, 0.1) is 0 Å². The molecular weight excluding hydrogens is 138 g/mol. The van der Waals surface area contributed by atoms with Crippen LogP contribution in [0.3, 0.4) is 0 Å². The van der Waals surface area contributed by atoms with Crippen molar-refractivity contribution in [3.8, 4) is 0 Å². The van der Waals surface area contributed by atoms with Gasteiger partial charge in [-0.15, -0.1) is 0 Å². The molecule has 1 nitrogen and oxygen atoms in total. The molecule has 0 aliphatic carbocycles. The van der Waals surface area contributed by atoms with E-state index in [-0.39, 0.29) is 0 Å². The zero-order chi connectivity index (χ0) is 5.91. The molecule has 0 aromatic rings. The van der Waals surface area contributed by atoms with Crippen LogP contribution in [-0.2, 0) is 18.7 Å². The molecule has 0 spiro atoms. The fraction of sp³-hybridized carbons (Fsp3) is 1.00. The quantitative estimate of drug-likeness (QED) is 0.505. The second-order valence-electron chi connectivity index (χ2n) is 2.62. The molecule has 0 saturated heterocycles. The Labute approximate surface area is 57.1 Å². The normalized spacial score (nSPS) is 11.9. The van der Waals surface area contributed by atoms with Crippen LogP contribution >= 0.6 is 0 Å². The van der Waals surface area contributed by atoms with Crippen molar-refractivity contribution in [3.05, 3.63) is 0 Å². The van der Waals surface area contributed by atoms with Gasteiger partial charge in [-0.2, -0.15) is 0 Å². The third-order valence-electron chi connectivity index (χ3n) is 0.500. The summed E-state index contributed by atoms with van der Waals surface area (Å²) >= 11 is 0.299. The number of nitrogens with one attached hydrogen (secondary N) is 1. The Kier molecular flexibility index (Phi) is 3.41. The maximum absolute atomic E-state index is 3.47. The Hall–Kier alpha value is 0.891. The van der Waals surface area contributed by atoms with E-state index in [0.717, 1.165) is 0 Å². The molecule has 7 heavy (non-hydrogen) atoms. The van der Waals surface area contributed by atoms with Crippen LogP contribution in [0.2, 0.25) is 0 Å². The zero-order valence-corrected chi connectivity index (χ0v) is 9.06. The average Bonchev–Trinajstić information content (AvgIpc) is 1.30. The van der Waals surface area contributed by atoms with E-state index in [1.54, 1.807) is 0 Å². The Bertz CT molecular complexity index is 50.1. The standard InChI is InChI=1S/C4H10N.H3Si.Ti/c1-4(2,3)5;;/h5H,1-3H3;1H3;/q-1;;+1. The molecule has 0 rings (SSSR count). The number of rotatable bonds is 1. The van der Waals surface area contributed by atoms with Crippen LogP contribution in [0.4, 0.5) is 0 Å². The maximum atomic E-state index is 3.47. The van der Waals surface area contributed by atoms with E-state index in [4.69, 9.17) is 0 Å². The predicted molar refractivity (Wildman–Crippen MR) is 32.8 cm³/mol. The van der Waals surface area contributed by atoms with Gasteiger partial charge in [-0.3, -0.25) is 0 Å². The first kappa shape index (κ1) is 7.89. The van der Waals surface area contributed by atoms with Crippen LogP contribution < -0.4 is 3.80 Å². The van der Waals surface area contributed by atoms with Gasteiger partial charge < -0.3 is 0 Å². The molecule has 0 fully saturated rings. The summed E-state index contributed by atoms with van der Waals surface area (Å²) in [7, 11) is 1.38. The second-order valence-corrected chi connectivity index (χ2v) is 5.86. The Morgan fingerprint density at radius 1 is 1.43 bits per heavy atom. The molecule has 0 unspecified atom stereocenters. The van der Waals surface area contributed by atoms with E-state index in [9.17, 15) is 0 Å². The summed E-state index contributed by atoms with van der Waals surface area (Å²) in [5.41, 5.74) is 0.391. The van der Waals surface area contributed by atoms with Gasteiger partial charge in [0.05, 0.1) is 0 Å². The summed E-state index contributed by atoms with van der Waals surface area (Å²) < 4.78 is 3.47.